The minimum atomic E-state index is 0.0866. The summed E-state index contributed by atoms with van der Waals surface area (Å²) in [5.41, 5.74) is 1.90. The molecular weight excluding hydrogens is 232 g/mol. The van der Waals surface area contributed by atoms with Crippen LogP contribution >= 0.6 is 0 Å². The van der Waals surface area contributed by atoms with Crippen LogP contribution in [0.1, 0.15) is 39.7 Å². The lowest BCUT2D eigenvalue weighted by molar-refractivity contribution is 0.0981. The van der Waals surface area contributed by atoms with Crippen LogP contribution in [-0.4, -0.2) is 31.1 Å². The normalized spacial score (nSPS) is 25.5. The highest BCUT2D eigenvalue weighted by atomic mass is 15.2. The molecule has 0 aromatic heterocycles. The first-order chi connectivity index (χ1) is 8.95. The molecule has 2 rings (SSSR count). The lowest BCUT2D eigenvalue weighted by atomic mass is 9.86. The molecule has 1 aliphatic heterocycles. The summed E-state index contributed by atoms with van der Waals surface area (Å²) in [6.45, 7) is 13.9. The lowest BCUT2D eigenvalue weighted by Crippen LogP contribution is -2.57. The third kappa shape index (κ3) is 3.58. The van der Waals surface area contributed by atoms with Crippen molar-refractivity contribution in [3.63, 3.8) is 0 Å². The van der Waals surface area contributed by atoms with Crippen LogP contribution in [0.15, 0.2) is 30.3 Å². The molecule has 1 N–H and O–H groups in total. The van der Waals surface area contributed by atoms with Gasteiger partial charge >= 0.3 is 0 Å². The SMILES string of the molecule is CCC(C)(C)CN1CCNC(C)(c2ccccc2)C1. The van der Waals surface area contributed by atoms with Crippen molar-refractivity contribution in [1.82, 2.24) is 10.2 Å². The summed E-state index contributed by atoms with van der Waals surface area (Å²) in [7, 11) is 0. The Kier molecular flexibility index (Phi) is 4.32. The predicted molar refractivity (Wildman–Crippen MR) is 82.3 cm³/mol. The highest BCUT2D eigenvalue weighted by molar-refractivity contribution is 5.24. The zero-order chi connectivity index (χ0) is 13.9. The van der Waals surface area contributed by atoms with Gasteiger partial charge in [0.25, 0.3) is 0 Å². The van der Waals surface area contributed by atoms with Crippen LogP contribution in [0.5, 0.6) is 0 Å². The number of nitrogens with one attached hydrogen (secondary N) is 1. The van der Waals surface area contributed by atoms with E-state index in [1.807, 2.05) is 0 Å². The average molecular weight is 260 g/mol. The monoisotopic (exact) mass is 260 g/mol. The standard InChI is InChI=1S/C17H28N2/c1-5-16(2,3)13-19-12-11-18-17(4,14-19)15-9-7-6-8-10-15/h6-10,18H,5,11-14H2,1-4H3. The lowest BCUT2D eigenvalue weighted by Gasteiger charge is -2.44. The van der Waals surface area contributed by atoms with Crippen LogP contribution in [0, 0.1) is 5.41 Å². The smallest absolute Gasteiger partial charge is 0.0535 e. The topological polar surface area (TPSA) is 15.3 Å². The largest absolute Gasteiger partial charge is 0.305 e. The third-order valence-electron chi connectivity index (χ3n) is 4.50. The summed E-state index contributed by atoms with van der Waals surface area (Å²) in [6.07, 6.45) is 1.24. The van der Waals surface area contributed by atoms with Gasteiger partial charge in [-0.3, -0.25) is 4.90 Å². The minimum absolute atomic E-state index is 0.0866. The van der Waals surface area contributed by atoms with Crippen molar-refractivity contribution in [3.8, 4) is 0 Å². The van der Waals surface area contributed by atoms with Crippen molar-refractivity contribution < 1.29 is 0 Å². The van der Waals surface area contributed by atoms with Crippen LogP contribution in [-0.2, 0) is 5.54 Å². The number of piperazine rings is 1. The summed E-state index contributed by atoms with van der Waals surface area (Å²) >= 11 is 0. The van der Waals surface area contributed by atoms with E-state index in [-0.39, 0.29) is 5.54 Å². The molecule has 0 amide bonds. The van der Waals surface area contributed by atoms with Gasteiger partial charge in [-0.2, -0.15) is 0 Å². The number of rotatable bonds is 4. The van der Waals surface area contributed by atoms with E-state index in [4.69, 9.17) is 0 Å². The van der Waals surface area contributed by atoms with Crippen molar-refractivity contribution in [1.29, 1.82) is 0 Å². The molecule has 1 saturated heterocycles. The second-order valence-electron chi connectivity index (χ2n) is 6.85. The average Bonchev–Trinajstić information content (AvgIpc) is 2.39. The van der Waals surface area contributed by atoms with Crippen molar-refractivity contribution >= 4 is 0 Å². The fraction of sp³-hybridized carbons (Fsp3) is 0.647. The fourth-order valence-electron chi connectivity index (χ4n) is 2.92. The second kappa shape index (κ2) is 5.64. The van der Waals surface area contributed by atoms with E-state index in [1.54, 1.807) is 0 Å². The van der Waals surface area contributed by atoms with Crippen molar-refractivity contribution in [2.75, 3.05) is 26.2 Å². The van der Waals surface area contributed by atoms with Gasteiger partial charge in [0.1, 0.15) is 0 Å². The molecule has 1 aromatic rings. The Labute approximate surface area is 118 Å². The van der Waals surface area contributed by atoms with E-state index in [1.165, 1.54) is 18.5 Å². The zero-order valence-corrected chi connectivity index (χ0v) is 12.9. The fourth-order valence-corrected chi connectivity index (χ4v) is 2.92. The van der Waals surface area contributed by atoms with Crippen LogP contribution in [0.2, 0.25) is 0 Å². The van der Waals surface area contributed by atoms with E-state index >= 15 is 0 Å². The second-order valence-corrected chi connectivity index (χ2v) is 6.85. The Morgan fingerprint density at radius 2 is 1.95 bits per heavy atom. The molecule has 0 saturated carbocycles. The first kappa shape index (κ1) is 14.5. The minimum Gasteiger partial charge on any atom is -0.305 e. The van der Waals surface area contributed by atoms with E-state index < -0.39 is 0 Å². The van der Waals surface area contributed by atoms with E-state index in [0.717, 1.165) is 19.6 Å². The van der Waals surface area contributed by atoms with Crippen LogP contribution < -0.4 is 5.32 Å². The summed E-state index contributed by atoms with van der Waals surface area (Å²) in [6, 6.07) is 10.8. The van der Waals surface area contributed by atoms with E-state index in [0.29, 0.717) is 5.41 Å². The maximum Gasteiger partial charge on any atom is 0.0535 e. The Hall–Kier alpha value is -0.860. The number of hydrogen-bond acceptors (Lipinski definition) is 2. The summed E-state index contributed by atoms with van der Waals surface area (Å²) in [5, 5.41) is 3.70. The third-order valence-corrected chi connectivity index (χ3v) is 4.50. The molecule has 1 atom stereocenters. The van der Waals surface area contributed by atoms with Crippen molar-refractivity contribution in [3.05, 3.63) is 35.9 Å². The van der Waals surface area contributed by atoms with Gasteiger partial charge in [0.05, 0.1) is 5.54 Å². The summed E-state index contributed by atoms with van der Waals surface area (Å²) in [5.74, 6) is 0. The van der Waals surface area contributed by atoms with Gasteiger partial charge in [0.15, 0.2) is 0 Å². The molecule has 1 fully saturated rings. The summed E-state index contributed by atoms with van der Waals surface area (Å²) in [4.78, 5) is 2.62. The van der Waals surface area contributed by atoms with Gasteiger partial charge in [-0.25, -0.2) is 0 Å². The zero-order valence-electron chi connectivity index (χ0n) is 12.9. The molecule has 19 heavy (non-hydrogen) atoms. The summed E-state index contributed by atoms with van der Waals surface area (Å²) < 4.78 is 0. The van der Waals surface area contributed by atoms with Gasteiger partial charge in [0, 0.05) is 26.2 Å². The number of benzene rings is 1. The molecule has 2 nitrogen and oxygen atoms in total. The van der Waals surface area contributed by atoms with Crippen molar-refractivity contribution in [2.45, 2.75) is 39.7 Å². The maximum atomic E-state index is 3.70. The maximum absolute atomic E-state index is 3.70. The first-order valence-electron chi connectivity index (χ1n) is 7.48. The van der Waals surface area contributed by atoms with Gasteiger partial charge < -0.3 is 5.32 Å². The molecule has 1 heterocycles. The van der Waals surface area contributed by atoms with Crippen LogP contribution in [0.4, 0.5) is 0 Å². The molecule has 0 radical (unpaired) electrons. The molecule has 1 aromatic carbocycles. The first-order valence-corrected chi connectivity index (χ1v) is 7.48. The molecule has 0 bridgehead atoms. The molecule has 1 aliphatic rings. The Bertz CT molecular complexity index is 399. The Balaban J connectivity index is 2.08. The van der Waals surface area contributed by atoms with E-state index in [2.05, 4.69) is 68.2 Å². The quantitative estimate of drug-likeness (QED) is 0.894. The Morgan fingerprint density at radius 1 is 1.26 bits per heavy atom. The van der Waals surface area contributed by atoms with Crippen molar-refractivity contribution in [2.24, 2.45) is 5.41 Å². The highest BCUT2D eigenvalue weighted by Crippen LogP contribution is 2.27. The molecule has 0 aliphatic carbocycles. The van der Waals surface area contributed by atoms with Crippen LogP contribution in [0.3, 0.4) is 0 Å². The molecule has 106 valence electrons. The van der Waals surface area contributed by atoms with Gasteiger partial charge in [-0.1, -0.05) is 51.1 Å². The Morgan fingerprint density at radius 3 is 2.58 bits per heavy atom. The van der Waals surface area contributed by atoms with Gasteiger partial charge in [0.2, 0.25) is 0 Å². The van der Waals surface area contributed by atoms with Crippen LogP contribution in [0.25, 0.3) is 0 Å². The molecule has 0 spiro atoms. The molecular formula is C17H28N2. The number of nitrogens with zero attached hydrogens (tertiary/aromatic N) is 1. The van der Waals surface area contributed by atoms with E-state index in [9.17, 15) is 0 Å². The predicted octanol–water partition coefficient (Wildman–Crippen LogP) is 3.24. The van der Waals surface area contributed by atoms with Gasteiger partial charge in [-0.15, -0.1) is 0 Å². The highest BCUT2D eigenvalue weighted by Gasteiger charge is 2.33. The number of hydrogen-bond donors (Lipinski definition) is 1. The molecule has 1 unspecified atom stereocenters. The molecule has 2 heteroatoms. The van der Waals surface area contributed by atoms with Gasteiger partial charge in [-0.05, 0) is 24.3 Å².